The van der Waals surface area contributed by atoms with E-state index >= 15 is 0 Å². The number of aryl methyl sites for hydroxylation is 1. The van der Waals surface area contributed by atoms with Crippen molar-refractivity contribution in [2.45, 2.75) is 45.0 Å². The topological polar surface area (TPSA) is 101 Å². The molecule has 4 aromatic rings. The summed E-state index contributed by atoms with van der Waals surface area (Å²) < 4.78 is 41.1. The lowest BCUT2D eigenvalue weighted by Gasteiger charge is -2.16. The largest absolute Gasteiger partial charge is 0.573 e. The molecule has 1 amide bonds. The maximum absolute atomic E-state index is 13.0. The summed E-state index contributed by atoms with van der Waals surface area (Å²) in [5.74, 6) is -1.57. The molecule has 0 aliphatic rings. The van der Waals surface area contributed by atoms with Crippen molar-refractivity contribution in [2.75, 3.05) is 0 Å². The number of hydrogen-bond donors (Lipinski definition) is 2. The number of benzene rings is 3. The number of aliphatic carboxylic acids is 1. The Bertz CT molecular complexity index is 1460. The zero-order valence-corrected chi connectivity index (χ0v) is 21.0. The zero-order chi connectivity index (χ0) is 28.0. The minimum Gasteiger partial charge on any atom is -0.481 e. The lowest BCUT2D eigenvalue weighted by atomic mass is 10.0. The first kappa shape index (κ1) is 27.6. The number of alkyl halides is 3. The summed E-state index contributed by atoms with van der Waals surface area (Å²) in [5, 5.41) is 11.8. The predicted octanol–water partition coefficient (Wildman–Crippen LogP) is 6.48. The predicted molar refractivity (Wildman–Crippen MR) is 139 cm³/mol. The molecule has 0 spiro atoms. The Morgan fingerprint density at radius 3 is 2.33 bits per heavy atom. The molecule has 0 aliphatic carbocycles. The first-order valence-electron chi connectivity index (χ1n) is 12.3. The summed E-state index contributed by atoms with van der Waals surface area (Å²) in [6.07, 6.45) is -3.05. The van der Waals surface area contributed by atoms with Crippen molar-refractivity contribution in [3.05, 3.63) is 89.6 Å². The number of carbonyl (C=O) groups excluding carboxylic acids is 1. The third-order valence-electron chi connectivity index (χ3n) is 6.06. The second-order valence-electron chi connectivity index (χ2n) is 9.00. The Hall–Kier alpha value is -4.47. The fourth-order valence-electron chi connectivity index (χ4n) is 4.12. The Labute approximate surface area is 222 Å². The van der Waals surface area contributed by atoms with Crippen molar-refractivity contribution >= 4 is 22.9 Å². The summed E-state index contributed by atoms with van der Waals surface area (Å²) in [7, 11) is 0. The molecule has 0 saturated carbocycles. The smallest absolute Gasteiger partial charge is 0.481 e. The van der Waals surface area contributed by atoms with Gasteiger partial charge in [-0.25, -0.2) is 9.97 Å². The first-order valence-corrected chi connectivity index (χ1v) is 12.3. The average molecular weight is 538 g/mol. The van der Waals surface area contributed by atoms with Crippen LogP contribution >= 0.6 is 0 Å². The van der Waals surface area contributed by atoms with Crippen LogP contribution in [0.5, 0.6) is 5.75 Å². The molecular weight excluding hydrogens is 511 g/mol. The van der Waals surface area contributed by atoms with Crippen molar-refractivity contribution in [3.63, 3.8) is 0 Å². The molecule has 0 aliphatic heterocycles. The highest BCUT2D eigenvalue weighted by molar-refractivity contribution is 5.97. The number of ether oxygens (including phenoxy) is 1. The molecule has 0 bridgehead atoms. The highest BCUT2D eigenvalue weighted by Crippen LogP contribution is 2.27. The third kappa shape index (κ3) is 7.53. The maximum Gasteiger partial charge on any atom is 0.573 e. The van der Waals surface area contributed by atoms with Crippen molar-refractivity contribution in [2.24, 2.45) is 0 Å². The van der Waals surface area contributed by atoms with Gasteiger partial charge in [-0.2, -0.15) is 0 Å². The number of nitrogens with one attached hydrogen (secondary N) is 1. The molecule has 1 atom stereocenters. The third-order valence-corrected chi connectivity index (χ3v) is 6.06. The number of halogens is 3. The van der Waals surface area contributed by atoms with Crippen LogP contribution in [0.25, 0.3) is 22.3 Å². The quantitative estimate of drug-likeness (QED) is 0.225. The molecule has 202 valence electrons. The van der Waals surface area contributed by atoms with Crippen LogP contribution in [0.15, 0.2) is 72.8 Å². The van der Waals surface area contributed by atoms with Gasteiger partial charge < -0.3 is 15.2 Å². The summed E-state index contributed by atoms with van der Waals surface area (Å²) in [6.45, 7) is 1.72. The van der Waals surface area contributed by atoms with E-state index in [1.807, 2.05) is 30.3 Å². The molecule has 7 nitrogen and oxygen atoms in total. The first-order chi connectivity index (χ1) is 18.6. The molecule has 4 rings (SSSR count). The second-order valence-corrected chi connectivity index (χ2v) is 9.00. The van der Waals surface area contributed by atoms with Crippen LogP contribution in [0.1, 0.15) is 53.8 Å². The molecule has 1 aromatic heterocycles. The van der Waals surface area contributed by atoms with E-state index in [4.69, 9.17) is 15.1 Å². The van der Waals surface area contributed by atoms with E-state index in [-0.39, 0.29) is 18.1 Å². The van der Waals surface area contributed by atoms with Crippen molar-refractivity contribution in [3.8, 4) is 17.0 Å². The summed E-state index contributed by atoms with van der Waals surface area (Å²) in [5.41, 5.74) is 4.40. The van der Waals surface area contributed by atoms with Gasteiger partial charge in [0.05, 0.1) is 28.5 Å². The summed E-state index contributed by atoms with van der Waals surface area (Å²) in [6, 6.07) is 19.4. The Morgan fingerprint density at radius 2 is 1.67 bits per heavy atom. The van der Waals surface area contributed by atoms with Crippen LogP contribution in [0.2, 0.25) is 0 Å². The normalized spacial score (nSPS) is 12.2. The Kier molecular flexibility index (Phi) is 8.43. The molecule has 0 saturated heterocycles. The van der Waals surface area contributed by atoms with Crippen molar-refractivity contribution in [1.29, 1.82) is 0 Å². The van der Waals surface area contributed by atoms with Gasteiger partial charge in [0.25, 0.3) is 5.91 Å². The average Bonchev–Trinajstić information content (AvgIpc) is 2.90. The number of unbranched alkanes of at least 4 members (excludes halogenated alkanes) is 1. The van der Waals surface area contributed by atoms with E-state index in [2.05, 4.69) is 10.1 Å². The van der Waals surface area contributed by atoms with Crippen LogP contribution in [0.3, 0.4) is 0 Å². The standard InChI is InChI=1S/C29H26F3N3O4/c1-18(19-11-14-22(15-12-19)39-29(30,31)32)33-28(38)21-13-16-23-25(17-21)34-24(9-5-6-10-26(36)37)27(35-23)20-7-3-2-4-8-20/h2-4,7-8,11-18H,5-6,9-10H2,1H3,(H,33,38)(H,36,37). The molecule has 1 unspecified atom stereocenters. The minimum atomic E-state index is -4.78. The molecule has 3 aromatic carbocycles. The molecule has 0 radical (unpaired) electrons. The van der Waals surface area contributed by atoms with Crippen LogP contribution in [0.4, 0.5) is 13.2 Å². The number of nitrogens with zero attached hydrogens (tertiary/aromatic N) is 2. The molecular formula is C29H26F3N3O4. The zero-order valence-electron chi connectivity index (χ0n) is 21.0. The molecule has 2 N–H and O–H groups in total. The number of carbonyl (C=O) groups is 2. The van der Waals surface area contributed by atoms with E-state index in [1.165, 1.54) is 24.3 Å². The number of aromatic nitrogens is 2. The van der Waals surface area contributed by atoms with Gasteiger partial charge in [0.2, 0.25) is 0 Å². The van der Waals surface area contributed by atoms with Gasteiger partial charge in [-0.1, -0.05) is 42.5 Å². The maximum atomic E-state index is 13.0. The molecule has 10 heteroatoms. The number of carboxylic acid groups (broad SMARTS) is 1. The highest BCUT2D eigenvalue weighted by Gasteiger charge is 2.31. The number of rotatable bonds is 10. The summed E-state index contributed by atoms with van der Waals surface area (Å²) in [4.78, 5) is 33.5. The van der Waals surface area contributed by atoms with E-state index in [0.29, 0.717) is 52.8 Å². The van der Waals surface area contributed by atoms with Gasteiger partial charge in [-0.05, 0) is 62.1 Å². The van der Waals surface area contributed by atoms with Gasteiger partial charge in [0, 0.05) is 17.5 Å². The second kappa shape index (κ2) is 11.9. The molecule has 0 fully saturated rings. The Balaban J connectivity index is 1.54. The lowest BCUT2D eigenvalue weighted by molar-refractivity contribution is -0.274. The van der Waals surface area contributed by atoms with Gasteiger partial charge in [-0.3, -0.25) is 9.59 Å². The van der Waals surface area contributed by atoms with E-state index in [1.54, 1.807) is 25.1 Å². The number of fused-ring (bicyclic) bond motifs is 1. The van der Waals surface area contributed by atoms with Crippen LogP contribution in [-0.2, 0) is 11.2 Å². The van der Waals surface area contributed by atoms with E-state index in [9.17, 15) is 22.8 Å². The molecule has 1 heterocycles. The Morgan fingerprint density at radius 1 is 0.949 bits per heavy atom. The monoisotopic (exact) mass is 537 g/mol. The van der Waals surface area contributed by atoms with Gasteiger partial charge >= 0.3 is 12.3 Å². The summed E-state index contributed by atoms with van der Waals surface area (Å²) >= 11 is 0. The van der Waals surface area contributed by atoms with Crippen LogP contribution < -0.4 is 10.1 Å². The lowest BCUT2D eigenvalue weighted by Crippen LogP contribution is -2.26. The van der Waals surface area contributed by atoms with Crippen LogP contribution in [-0.4, -0.2) is 33.3 Å². The number of hydrogen-bond acceptors (Lipinski definition) is 5. The van der Waals surface area contributed by atoms with Gasteiger partial charge in [0.1, 0.15) is 5.75 Å². The minimum absolute atomic E-state index is 0.0717. The highest BCUT2D eigenvalue weighted by atomic mass is 19.4. The fourth-order valence-corrected chi connectivity index (χ4v) is 4.12. The number of amides is 1. The van der Waals surface area contributed by atoms with Crippen LogP contribution in [0, 0.1) is 0 Å². The molecule has 39 heavy (non-hydrogen) atoms. The number of carboxylic acids is 1. The van der Waals surface area contributed by atoms with Crippen molar-refractivity contribution < 1.29 is 32.6 Å². The van der Waals surface area contributed by atoms with E-state index in [0.717, 1.165) is 5.56 Å². The van der Waals surface area contributed by atoms with Crippen molar-refractivity contribution in [1.82, 2.24) is 15.3 Å². The van der Waals surface area contributed by atoms with Gasteiger partial charge in [-0.15, -0.1) is 13.2 Å². The fraction of sp³-hybridized carbons (Fsp3) is 0.241. The van der Waals surface area contributed by atoms with Gasteiger partial charge in [0.15, 0.2) is 0 Å². The SMILES string of the molecule is CC(NC(=O)c1ccc2nc(-c3ccccc3)c(CCCCC(=O)O)nc2c1)c1ccc(OC(F)(F)F)cc1. The van der Waals surface area contributed by atoms with E-state index < -0.39 is 18.4 Å².